The van der Waals surface area contributed by atoms with Crippen LogP contribution in [-0.2, 0) is 14.8 Å². The van der Waals surface area contributed by atoms with E-state index in [2.05, 4.69) is 10.3 Å². The van der Waals surface area contributed by atoms with Crippen LogP contribution in [-0.4, -0.2) is 43.2 Å². The van der Waals surface area contributed by atoms with Gasteiger partial charge in [0.2, 0.25) is 15.9 Å². The van der Waals surface area contributed by atoms with Gasteiger partial charge in [0, 0.05) is 19.3 Å². The number of likely N-dealkylation sites (N-methyl/N-ethyl adjacent to an activating group) is 1. The van der Waals surface area contributed by atoms with Gasteiger partial charge in [-0.05, 0) is 25.0 Å². The summed E-state index contributed by atoms with van der Waals surface area (Å²) in [7, 11) is -2.46. The van der Waals surface area contributed by atoms with Gasteiger partial charge in [-0.1, -0.05) is 11.6 Å². The third-order valence-corrected chi connectivity index (χ3v) is 4.97. The lowest BCUT2D eigenvalue weighted by Crippen LogP contribution is -2.39. The first-order valence-corrected chi connectivity index (χ1v) is 7.59. The largest absolute Gasteiger partial charge is 0.352 e. The fourth-order valence-corrected chi connectivity index (χ4v) is 3.07. The third kappa shape index (κ3) is 3.43. The highest BCUT2D eigenvalue weighted by atomic mass is 35.5. The number of rotatable bonds is 5. The Labute approximate surface area is 116 Å². The zero-order valence-electron chi connectivity index (χ0n) is 10.3. The molecule has 1 heterocycles. The van der Waals surface area contributed by atoms with Crippen LogP contribution < -0.4 is 5.32 Å². The van der Waals surface area contributed by atoms with Crippen molar-refractivity contribution >= 4 is 27.5 Å². The highest BCUT2D eigenvalue weighted by Gasteiger charge is 2.28. The minimum absolute atomic E-state index is 0.0987. The van der Waals surface area contributed by atoms with Gasteiger partial charge >= 0.3 is 0 Å². The Balaban J connectivity index is 2.10. The van der Waals surface area contributed by atoms with Gasteiger partial charge in [0.15, 0.2) is 0 Å². The van der Waals surface area contributed by atoms with E-state index in [4.69, 9.17) is 11.6 Å². The molecule has 1 saturated carbocycles. The number of aromatic nitrogens is 1. The van der Waals surface area contributed by atoms with Gasteiger partial charge < -0.3 is 5.32 Å². The Kier molecular flexibility index (Phi) is 4.07. The van der Waals surface area contributed by atoms with Crippen LogP contribution in [0.5, 0.6) is 0 Å². The molecule has 19 heavy (non-hydrogen) atoms. The number of carbonyl (C=O) groups is 1. The Morgan fingerprint density at radius 2 is 2.26 bits per heavy atom. The summed E-state index contributed by atoms with van der Waals surface area (Å²) in [5, 5.41) is 2.63. The molecule has 0 saturated heterocycles. The molecule has 104 valence electrons. The second-order valence-corrected chi connectivity index (χ2v) is 6.77. The van der Waals surface area contributed by atoms with E-state index in [-0.39, 0.29) is 28.5 Å². The highest BCUT2D eigenvalue weighted by Crippen LogP contribution is 2.21. The summed E-state index contributed by atoms with van der Waals surface area (Å²) in [5.41, 5.74) is 0. The average molecular weight is 304 g/mol. The van der Waals surface area contributed by atoms with Crippen molar-refractivity contribution < 1.29 is 13.2 Å². The van der Waals surface area contributed by atoms with Crippen LogP contribution in [0.25, 0.3) is 0 Å². The number of hydrogen-bond acceptors (Lipinski definition) is 4. The maximum atomic E-state index is 12.2. The first kappa shape index (κ1) is 14.2. The van der Waals surface area contributed by atoms with E-state index in [0.29, 0.717) is 0 Å². The zero-order chi connectivity index (χ0) is 14.0. The van der Waals surface area contributed by atoms with E-state index in [1.54, 1.807) is 0 Å². The first-order chi connectivity index (χ1) is 8.91. The molecule has 1 amide bonds. The summed E-state index contributed by atoms with van der Waals surface area (Å²) >= 11 is 5.77. The Morgan fingerprint density at radius 1 is 1.58 bits per heavy atom. The molecule has 0 atom stereocenters. The molecule has 1 aliphatic rings. The number of sulfonamides is 1. The van der Waals surface area contributed by atoms with Gasteiger partial charge in [0.1, 0.15) is 10.0 Å². The van der Waals surface area contributed by atoms with Crippen LogP contribution in [0.15, 0.2) is 23.2 Å². The number of amides is 1. The summed E-state index contributed by atoms with van der Waals surface area (Å²) in [4.78, 5) is 15.2. The van der Waals surface area contributed by atoms with Crippen molar-refractivity contribution in [2.45, 2.75) is 23.8 Å². The molecule has 1 fully saturated rings. The molecule has 0 radical (unpaired) electrons. The highest BCUT2D eigenvalue weighted by molar-refractivity contribution is 7.89. The van der Waals surface area contributed by atoms with Gasteiger partial charge in [-0.3, -0.25) is 4.79 Å². The molecule has 1 aromatic heterocycles. The molecular weight excluding hydrogens is 290 g/mol. The Hall–Kier alpha value is -1.18. The van der Waals surface area contributed by atoms with E-state index >= 15 is 0 Å². The fraction of sp³-hybridized carbons (Fsp3) is 0.455. The van der Waals surface area contributed by atoms with Crippen LogP contribution in [0, 0.1) is 0 Å². The Bertz CT molecular complexity index is 587. The van der Waals surface area contributed by atoms with Crippen LogP contribution in [0.4, 0.5) is 0 Å². The summed E-state index contributed by atoms with van der Waals surface area (Å²) in [6.45, 7) is -0.232. The molecule has 0 aromatic carbocycles. The number of nitrogens with zero attached hydrogens (tertiary/aromatic N) is 2. The van der Waals surface area contributed by atoms with E-state index in [1.165, 1.54) is 25.4 Å². The predicted octanol–water partition coefficient (Wildman–Crippen LogP) is 0.634. The van der Waals surface area contributed by atoms with Crippen molar-refractivity contribution in [2.24, 2.45) is 0 Å². The minimum Gasteiger partial charge on any atom is -0.352 e. The Morgan fingerprint density at radius 3 is 2.84 bits per heavy atom. The van der Waals surface area contributed by atoms with Crippen LogP contribution >= 0.6 is 11.6 Å². The SMILES string of the molecule is CN(CC(=O)NC1CC1)S(=O)(=O)c1cccnc1Cl. The third-order valence-electron chi connectivity index (χ3n) is 2.72. The predicted molar refractivity (Wildman–Crippen MR) is 70.2 cm³/mol. The monoisotopic (exact) mass is 303 g/mol. The van der Waals surface area contributed by atoms with Crippen molar-refractivity contribution in [3.63, 3.8) is 0 Å². The summed E-state index contributed by atoms with van der Waals surface area (Å²) in [6.07, 6.45) is 3.31. The number of hydrogen-bond donors (Lipinski definition) is 1. The van der Waals surface area contributed by atoms with Crippen molar-refractivity contribution in [1.82, 2.24) is 14.6 Å². The van der Waals surface area contributed by atoms with Gasteiger partial charge in [-0.25, -0.2) is 13.4 Å². The van der Waals surface area contributed by atoms with Gasteiger partial charge in [-0.2, -0.15) is 4.31 Å². The van der Waals surface area contributed by atoms with Gasteiger partial charge in [-0.15, -0.1) is 0 Å². The van der Waals surface area contributed by atoms with Crippen molar-refractivity contribution in [3.8, 4) is 0 Å². The standard InChI is InChI=1S/C11H14ClN3O3S/c1-15(7-10(16)14-8-4-5-8)19(17,18)9-3-2-6-13-11(9)12/h2-3,6,8H,4-5,7H2,1H3,(H,14,16). The summed E-state index contributed by atoms with van der Waals surface area (Å²) in [5.74, 6) is -0.311. The van der Waals surface area contributed by atoms with Gasteiger partial charge in [0.05, 0.1) is 6.54 Å². The lowest BCUT2D eigenvalue weighted by Gasteiger charge is -2.17. The van der Waals surface area contributed by atoms with E-state index < -0.39 is 10.0 Å². The van der Waals surface area contributed by atoms with Gasteiger partial charge in [0.25, 0.3) is 0 Å². The quantitative estimate of drug-likeness (QED) is 0.809. The fourth-order valence-electron chi connectivity index (χ4n) is 1.52. The average Bonchev–Trinajstić information content (AvgIpc) is 3.12. The smallest absolute Gasteiger partial charge is 0.246 e. The molecule has 0 spiro atoms. The topological polar surface area (TPSA) is 79.4 Å². The maximum absolute atomic E-state index is 12.2. The van der Waals surface area contributed by atoms with E-state index in [0.717, 1.165) is 17.1 Å². The normalized spacial score (nSPS) is 15.5. The molecule has 0 aliphatic heterocycles. The number of nitrogens with one attached hydrogen (secondary N) is 1. The molecule has 1 aliphatic carbocycles. The van der Waals surface area contributed by atoms with Crippen molar-refractivity contribution in [1.29, 1.82) is 0 Å². The molecular formula is C11H14ClN3O3S. The molecule has 0 unspecified atom stereocenters. The second-order valence-electron chi connectivity index (χ2n) is 4.40. The maximum Gasteiger partial charge on any atom is 0.246 e. The zero-order valence-corrected chi connectivity index (χ0v) is 11.9. The van der Waals surface area contributed by atoms with E-state index in [9.17, 15) is 13.2 Å². The van der Waals surface area contributed by atoms with Crippen molar-refractivity contribution in [3.05, 3.63) is 23.5 Å². The molecule has 8 heteroatoms. The number of pyridine rings is 1. The molecule has 1 N–H and O–H groups in total. The van der Waals surface area contributed by atoms with Crippen LogP contribution in [0.2, 0.25) is 5.15 Å². The number of carbonyl (C=O) groups excluding carboxylic acids is 1. The summed E-state index contributed by atoms with van der Waals surface area (Å²) in [6, 6.07) is 3.04. The second kappa shape index (κ2) is 5.44. The van der Waals surface area contributed by atoms with Crippen LogP contribution in [0.1, 0.15) is 12.8 Å². The van der Waals surface area contributed by atoms with Crippen molar-refractivity contribution in [2.75, 3.05) is 13.6 Å². The molecule has 0 bridgehead atoms. The lowest BCUT2D eigenvalue weighted by molar-refractivity contribution is -0.121. The van der Waals surface area contributed by atoms with E-state index in [1.807, 2.05) is 0 Å². The molecule has 2 rings (SSSR count). The van der Waals surface area contributed by atoms with Crippen LogP contribution in [0.3, 0.4) is 0 Å². The minimum atomic E-state index is -3.80. The molecule has 1 aromatic rings. The first-order valence-electron chi connectivity index (χ1n) is 5.77. The number of halogens is 1. The summed E-state index contributed by atoms with van der Waals surface area (Å²) < 4.78 is 25.4. The lowest BCUT2D eigenvalue weighted by atomic mass is 10.5. The molecule has 6 nitrogen and oxygen atoms in total.